The minimum absolute atomic E-state index is 0.139. The third-order valence-electron chi connectivity index (χ3n) is 3.41. The van der Waals surface area contributed by atoms with Crippen LogP contribution in [0, 0.1) is 4.77 Å². The van der Waals surface area contributed by atoms with Gasteiger partial charge in [-0.15, -0.1) is 0 Å². The highest BCUT2D eigenvalue weighted by atomic mass is 32.1. The third-order valence-corrected chi connectivity index (χ3v) is 7.52. The van der Waals surface area contributed by atoms with Crippen LogP contribution in [0.25, 0.3) is 0 Å². The number of rotatable bonds is 8. The van der Waals surface area contributed by atoms with Gasteiger partial charge in [-0.1, -0.05) is 0 Å². The Balaban J connectivity index is 2.05. The predicted molar refractivity (Wildman–Crippen MR) is 93.7 cm³/mol. The number of aromatic amines is 1. The molecule has 0 saturated carbocycles. The number of hydrogen-bond acceptors (Lipinski definition) is 9. The second-order valence-electron chi connectivity index (χ2n) is 6.00. The normalized spacial score (nSPS) is 29.3. The van der Waals surface area contributed by atoms with Crippen LogP contribution in [0.4, 0.5) is 4.39 Å². The van der Waals surface area contributed by atoms with Crippen molar-refractivity contribution < 1.29 is 55.5 Å². The van der Waals surface area contributed by atoms with Gasteiger partial charge in [-0.2, -0.15) is 8.62 Å². The topological polar surface area (TPSA) is 207 Å². The van der Waals surface area contributed by atoms with Gasteiger partial charge in [-0.3, -0.25) is 18.9 Å². The maximum Gasteiger partial charge on any atom is 0.490 e. The molecule has 2 heterocycles. The van der Waals surface area contributed by atoms with Crippen molar-refractivity contribution in [3.63, 3.8) is 0 Å². The Morgan fingerprint density at radius 1 is 1.31 bits per heavy atom. The number of nitrogens with one attached hydrogen (secondary N) is 1. The summed E-state index contributed by atoms with van der Waals surface area (Å²) in [6, 6.07) is 1.08. The molecule has 1 aromatic heterocycles. The van der Waals surface area contributed by atoms with Gasteiger partial charge in [0.05, 0.1) is 12.7 Å². The van der Waals surface area contributed by atoms with Crippen molar-refractivity contribution in [2.75, 3.05) is 6.61 Å². The summed E-state index contributed by atoms with van der Waals surface area (Å²) < 4.78 is 66.3. The Hall–Kier alpha value is -0.600. The first-order chi connectivity index (χ1) is 13.0. The van der Waals surface area contributed by atoms with Gasteiger partial charge < -0.3 is 24.3 Å². The van der Waals surface area contributed by atoms with Crippen molar-refractivity contribution in [2.24, 2.45) is 0 Å². The van der Waals surface area contributed by atoms with E-state index in [2.05, 4.69) is 18.1 Å². The lowest BCUT2D eigenvalue weighted by molar-refractivity contribution is -0.0594. The number of alkyl halides is 1. The number of nitrogens with zero attached hydrogens (tertiary/aromatic N) is 1. The average molecular weight is 500 g/mol. The van der Waals surface area contributed by atoms with E-state index >= 15 is 0 Å². The minimum Gasteiger partial charge on any atom is -0.349 e. The van der Waals surface area contributed by atoms with Crippen molar-refractivity contribution in [1.29, 1.82) is 0 Å². The molecule has 0 aromatic carbocycles. The van der Waals surface area contributed by atoms with Gasteiger partial charge in [0, 0.05) is 18.7 Å². The first kappa shape index (κ1) is 24.7. The van der Waals surface area contributed by atoms with E-state index in [1.165, 1.54) is 6.20 Å². The summed E-state index contributed by atoms with van der Waals surface area (Å²) >= 11 is 4.93. The lowest BCUT2D eigenvalue weighted by Gasteiger charge is -2.23. The fourth-order valence-corrected chi connectivity index (χ4v) is 5.77. The van der Waals surface area contributed by atoms with E-state index in [9.17, 15) is 27.8 Å². The fourth-order valence-electron chi connectivity index (χ4n) is 2.46. The van der Waals surface area contributed by atoms with Gasteiger partial charge in [-0.05, 0) is 19.1 Å². The standard InChI is InChI=1S/C10H16FN2O12P3S/c1-10(11)4-6(23-8(10)13-3-2-7(14)12-9(13)29)5-22-27(18,19)25-28(20,21)24-26(15,16)17/h2-3,6,8H,4-5H2,1H3,(H,18,19)(H,20,21)(H,12,14,29)(H2,15,16,17)/t6-,8+,10+/m0/s1. The van der Waals surface area contributed by atoms with Gasteiger partial charge in [-0.25, -0.2) is 18.1 Å². The summed E-state index contributed by atoms with van der Waals surface area (Å²) in [5, 5.41) is 0. The zero-order chi connectivity index (χ0) is 22.3. The number of phosphoric ester groups is 1. The van der Waals surface area contributed by atoms with Crippen molar-refractivity contribution in [3.05, 3.63) is 27.4 Å². The highest BCUT2D eigenvalue weighted by Gasteiger charge is 2.48. The molecule has 2 rings (SSSR count). The van der Waals surface area contributed by atoms with Gasteiger partial charge >= 0.3 is 23.5 Å². The molecule has 166 valence electrons. The third kappa shape index (κ3) is 7.24. The van der Waals surface area contributed by atoms with E-state index < -0.39 is 53.6 Å². The van der Waals surface area contributed by atoms with Gasteiger partial charge in [0.15, 0.2) is 16.7 Å². The Morgan fingerprint density at radius 2 is 1.93 bits per heavy atom. The molecule has 1 aliphatic rings. The fraction of sp³-hybridized carbons (Fsp3) is 0.600. The summed E-state index contributed by atoms with van der Waals surface area (Å²) in [7, 11) is -16.5. The first-order valence-corrected chi connectivity index (χ1v) is 12.4. The lowest BCUT2D eigenvalue weighted by atomic mass is 10.0. The van der Waals surface area contributed by atoms with Crippen molar-refractivity contribution in [3.8, 4) is 0 Å². The van der Waals surface area contributed by atoms with E-state index in [4.69, 9.17) is 31.6 Å². The summed E-state index contributed by atoms with van der Waals surface area (Å²) in [6.07, 6.45) is -1.67. The number of phosphoric acid groups is 3. The molecule has 29 heavy (non-hydrogen) atoms. The summed E-state index contributed by atoms with van der Waals surface area (Å²) in [4.78, 5) is 48.9. The predicted octanol–water partition coefficient (Wildman–Crippen LogP) is 1.26. The molecule has 0 bridgehead atoms. The molecule has 2 unspecified atom stereocenters. The second kappa shape index (κ2) is 8.50. The Bertz CT molecular complexity index is 1020. The number of H-pyrrole nitrogens is 1. The molecule has 0 aliphatic carbocycles. The molecule has 0 amide bonds. The molecule has 0 radical (unpaired) electrons. The number of halogens is 1. The quantitative estimate of drug-likeness (QED) is 0.252. The van der Waals surface area contributed by atoms with Gasteiger partial charge in [0.25, 0.3) is 5.56 Å². The van der Waals surface area contributed by atoms with Crippen LogP contribution in [0.15, 0.2) is 17.1 Å². The van der Waals surface area contributed by atoms with E-state index in [-0.39, 0.29) is 11.2 Å². The number of aromatic nitrogens is 2. The lowest BCUT2D eigenvalue weighted by Crippen LogP contribution is -2.29. The van der Waals surface area contributed by atoms with Crippen LogP contribution in [0.5, 0.6) is 0 Å². The van der Waals surface area contributed by atoms with E-state index in [0.29, 0.717) is 0 Å². The molecular formula is C10H16FN2O12P3S. The first-order valence-electron chi connectivity index (χ1n) is 7.44. The molecule has 19 heteroatoms. The van der Waals surface area contributed by atoms with Crippen molar-refractivity contribution >= 4 is 35.7 Å². The highest BCUT2D eigenvalue weighted by Crippen LogP contribution is 2.66. The van der Waals surface area contributed by atoms with Crippen molar-refractivity contribution in [2.45, 2.75) is 31.3 Å². The second-order valence-corrected chi connectivity index (χ2v) is 10.8. The molecule has 5 N–H and O–H groups in total. The molecule has 0 spiro atoms. The summed E-state index contributed by atoms with van der Waals surface area (Å²) in [5.74, 6) is 0. The Labute approximate surface area is 166 Å². The minimum atomic E-state index is -5.66. The monoisotopic (exact) mass is 500 g/mol. The van der Waals surface area contributed by atoms with Gasteiger partial charge in [0.2, 0.25) is 0 Å². The van der Waals surface area contributed by atoms with E-state index in [1.54, 1.807) is 0 Å². The van der Waals surface area contributed by atoms with Crippen LogP contribution >= 0.6 is 35.7 Å². The maximum absolute atomic E-state index is 14.9. The molecule has 1 aromatic rings. The molecule has 1 saturated heterocycles. The number of hydrogen-bond donors (Lipinski definition) is 5. The SMILES string of the molecule is C[C@@]1(F)C[C@@H](COP(=O)(O)OP(=O)(O)OP(=O)(O)O)O[C@H]1n1ccc(=O)[nH]c1=S. The largest absolute Gasteiger partial charge is 0.490 e. The summed E-state index contributed by atoms with van der Waals surface area (Å²) in [6.45, 7) is 0.339. The van der Waals surface area contributed by atoms with Crippen molar-refractivity contribution in [1.82, 2.24) is 9.55 Å². The van der Waals surface area contributed by atoms with E-state index in [0.717, 1.165) is 17.6 Å². The maximum atomic E-state index is 14.9. The van der Waals surface area contributed by atoms with Crippen LogP contribution < -0.4 is 5.56 Å². The zero-order valence-corrected chi connectivity index (χ0v) is 17.9. The average Bonchev–Trinajstić information content (AvgIpc) is 2.76. The van der Waals surface area contributed by atoms with E-state index in [1.807, 2.05) is 0 Å². The van der Waals surface area contributed by atoms with Crippen LogP contribution in [-0.2, 0) is 31.6 Å². The smallest absolute Gasteiger partial charge is 0.349 e. The Kier molecular flexibility index (Phi) is 7.23. The molecule has 5 atom stereocenters. The van der Waals surface area contributed by atoms with Crippen LogP contribution in [0.2, 0.25) is 0 Å². The Morgan fingerprint density at radius 3 is 2.48 bits per heavy atom. The molecular weight excluding hydrogens is 484 g/mol. The number of ether oxygens (including phenoxy) is 1. The zero-order valence-electron chi connectivity index (χ0n) is 14.4. The molecule has 1 aliphatic heterocycles. The molecule has 14 nitrogen and oxygen atoms in total. The van der Waals surface area contributed by atoms with Crippen LogP contribution in [-0.4, -0.2) is 47.5 Å². The molecule has 1 fully saturated rings. The van der Waals surface area contributed by atoms with Crippen LogP contribution in [0.3, 0.4) is 0 Å². The summed E-state index contributed by atoms with van der Waals surface area (Å²) in [5.41, 5.74) is -2.57. The van der Waals surface area contributed by atoms with Crippen LogP contribution in [0.1, 0.15) is 19.6 Å². The highest BCUT2D eigenvalue weighted by molar-refractivity contribution is 7.71. The van der Waals surface area contributed by atoms with Gasteiger partial charge in [0.1, 0.15) is 0 Å².